The van der Waals surface area contributed by atoms with Crippen LogP contribution in [0.3, 0.4) is 0 Å². The molecule has 1 N–H and O–H groups in total. The molecule has 1 amide bonds. The van der Waals surface area contributed by atoms with Crippen molar-refractivity contribution in [1.82, 2.24) is 14.8 Å². The molecule has 0 saturated heterocycles. The molecule has 3 aromatic rings. The molecule has 1 aromatic heterocycles. The summed E-state index contributed by atoms with van der Waals surface area (Å²) in [6, 6.07) is 11.0. The lowest BCUT2D eigenvalue weighted by Gasteiger charge is -2.09. The number of aryl methyl sites for hydroxylation is 1. The Kier molecular flexibility index (Phi) is 6.32. The lowest BCUT2D eigenvalue weighted by Crippen LogP contribution is -2.14. The maximum Gasteiger partial charge on any atom is 0.234 e. The minimum atomic E-state index is -0.236. The number of halogens is 3. The average Bonchev–Trinajstić information content (AvgIpc) is 2.98. The fourth-order valence-corrected chi connectivity index (χ4v) is 3.72. The van der Waals surface area contributed by atoms with E-state index in [-0.39, 0.29) is 11.7 Å². The van der Waals surface area contributed by atoms with Gasteiger partial charge in [0.15, 0.2) is 11.0 Å². The largest absolute Gasteiger partial charge is 0.324 e. The summed E-state index contributed by atoms with van der Waals surface area (Å²) >= 11 is 19.2. The smallest absolute Gasteiger partial charge is 0.234 e. The van der Waals surface area contributed by atoms with E-state index in [4.69, 9.17) is 34.8 Å². The van der Waals surface area contributed by atoms with Crippen LogP contribution >= 0.6 is 46.6 Å². The van der Waals surface area contributed by atoms with Crippen molar-refractivity contribution in [2.24, 2.45) is 7.05 Å². The van der Waals surface area contributed by atoms with Crippen LogP contribution in [0.4, 0.5) is 5.69 Å². The predicted octanol–water partition coefficient (Wildman–Crippen LogP) is 5.48. The number of carbonyl (C=O) groups excluding carboxylic acids is 1. The topological polar surface area (TPSA) is 59.8 Å². The van der Waals surface area contributed by atoms with Crippen molar-refractivity contribution >= 4 is 58.2 Å². The molecule has 0 saturated carbocycles. The van der Waals surface area contributed by atoms with E-state index in [1.54, 1.807) is 0 Å². The lowest BCUT2D eigenvalue weighted by molar-refractivity contribution is -0.113. The van der Waals surface area contributed by atoms with E-state index in [1.807, 2.05) is 42.8 Å². The standard InChI is InChI=1S/C18H15Cl3N4OS/c1-10-4-3-5-11(6-10)17-23-24-18(25(17)2)27-9-16(26)22-15-8-13(20)12(19)7-14(15)21/h3-8H,9H2,1-2H3,(H,22,26). The molecule has 0 aliphatic heterocycles. The predicted molar refractivity (Wildman–Crippen MR) is 112 cm³/mol. The summed E-state index contributed by atoms with van der Waals surface area (Å²) in [5.41, 5.74) is 2.53. The van der Waals surface area contributed by atoms with Crippen LogP contribution in [0.15, 0.2) is 41.6 Å². The summed E-state index contributed by atoms with van der Waals surface area (Å²) in [6.45, 7) is 2.02. The van der Waals surface area contributed by atoms with Gasteiger partial charge in [-0.15, -0.1) is 10.2 Å². The fraction of sp³-hybridized carbons (Fsp3) is 0.167. The normalized spacial score (nSPS) is 10.9. The van der Waals surface area contributed by atoms with Gasteiger partial charge in [0.05, 0.1) is 26.5 Å². The van der Waals surface area contributed by atoms with Gasteiger partial charge < -0.3 is 9.88 Å². The van der Waals surface area contributed by atoms with Gasteiger partial charge in [0, 0.05) is 12.6 Å². The Bertz CT molecular complexity index is 1010. The highest BCUT2D eigenvalue weighted by Crippen LogP contribution is 2.32. The SMILES string of the molecule is Cc1cccc(-c2nnc(SCC(=O)Nc3cc(Cl)c(Cl)cc3Cl)n2C)c1. The lowest BCUT2D eigenvalue weighted by atomic mass is 10.1. The first-order chi connectivity index (χ1) is 12.8. The van der Waals surface area contributed by atoms with Crippen LogP contribution < -0.4 is 5.32 Å². The molecular weight excluding hydrogens is 427 g/mol. The van der Waals surface area contributed by atoms with Gasteiger partial charge >= 0.3 is 0 Å². The molecule has 0 atom stereocenters. The van der Waals surface area contributed by atoms with Crippen LogP contribution in [0.1, 0.15) is 5.56 Å². The first kappa shape index (κ1) is 20.0. The van der Waals surface area contributed by atoms with E-state index < -0.39 is 0 Å². The third-order valence-electron chi connectivity index (χ3n) is 3.73. The molecule has 0 radical (unpaired) electrons. The van der Waals surface area contributed by atoms with Crippen molar-refractivity contribution in [3.05, 3.63) is 57.0 Å². The Hall–Kier alpha value is -1.73. The van der Waals surface area contributed by atoms with Crippen molar-refractivity contribution in [2.75, 3.05) is 11.1 Å². The number of thioether (sulfide) groups is 1. The number of amides is 1. The second kappa shape index (κ2) is 8.52. The van der Waals surface area contributed by atoms with Crippen LogP contribution in [0.2, 0.25) is 15.1 Å². The molecule has 2 aromatic carbocycles. The zero-order valence-electron chi connectivity index (χ0n) is 14.5. The number of aromatic nitrogens is 3. The van der Waals surface area contributed by atoms with Gasteiger partial charge in [-0.2, -0.15) is 0 Å². The Labute approximate surface area is 176 Å². The molecule has 0 fully saturated rings. The summed E-state index contributed by atoms with van der Waals surface area (Å²) in [6.07, 6.45) is 0. The summed E-state index contributed by atoms with van der Waals surface area (Å²) in [7, 11) is 1.87. The minimum Gasteiger partial charge on any atom is -0.324 e. The van der Waals surface area contributed by atoms with E-state index in [2.05, 4.69) is 15.5 Å². The van der Waals surface area contributed by atoms with E-state index in [0.29, 0.717) is 25.9 Å². The number of carbonyl (C=O) groups is 1. The van der Waals surface area contributed by atoms with Gasteiger partial charge in [0.2, 0.25) is 5.91 Å². The molecule has 0 bridgehead atoms. The van der Waals surface area contributed by atoms with Crippen molar-refractivity contribution < 1.29 is 4.79 Å². The van der Waals surface area contributed by atoms with E-state index in [1.165, 1.54) is 23.9 Å². The number of nitrogens with zero attached hydrogens (tertiary/aromatic N) is 3. The van der Waals surface area contributed by atoms with Crippen molar-refractivity contribution in [3.8, 4) is 11.4 Å². The Morgan fingerprint density at radius 1 is 1.11 bits per heavy atom. The maximum atomic E-state index is 12.2. The van der Waals surface area contributed by atoms with E-state index >= 15 is 0 Å². The Balaban J connectivity index is 1.67. The number of hydrogen-bond acceptors (Lipinski definition) is 4. The zero-order valence-corrected chi connectivity index (χ0v) is 17.5. The third-order valence-corrected chi connectivity index (χ3v) is 5.78. The first-order valence-corrected chi connectivity index (χ1v) is 10.0. The quantitative estimate of drug-likeness (QED) is 0.420. The number of benzene rings is 2. The van der Waals surface area contributed by atoms with Crippen molar-refractivity contribution in [2.45, 2.75) is 12.1 Å². The number of rotatable bonds is 5. The van der Waals surface area contributed by atoms with Gasteiger partial charge in [0.1, 0.15) is 0 Å². The second-order valence-corrected chi connectivity index (χ2v) is 7.98. The number of hydrogen-bond donors (Lipinski definition) is 1. The highest BCUT2D eigenvalue weighted by atomic mass is 35.5. The molecule has 0 aliphatic carbocycles. The molecule has 0 unspecified atom stereocenters. The monoisotopic (exact) mass is 440 g/mol. The van der Waals surface area contributed by atoms with Gasteiger partial charge in [-0.25, -0.2) is 0 Å². The summed E-state index contributed by atoms with van der Waals surface area (Å²) in [4.78, 5) is 12.2. The Morgan fingerprint density at radius 2 is 1.85 bits per heavy atom. The van der Waals surface area contributed by atoms with Gasteiger partial charge in [-0.1, -0.05) is 70.3 Å². The molecule has 0 spiro atoms. The van der Waals surface area contributed by atoms with Gasteiger partial charge in [-0.3, -0.25) is 4.79 Å². The van der Waals surface area contributed by atoms with Crippen LogP contribution in [-0.2, 0) is 11.8 Å². The zero-order chi connectivity index (χ0) is 19.6. The summed E-state index contributed by atoms with van der Waals surface area (Å²) in [5.74, 6) is 0.658. The second-order valence-electron chi connectivity index (χ2n) is 5.82. The minimum absolute atomic E-state index is 0.149. The maximum absolute atomic E-state index is 12.2. The third kappa shape index (κ3) is 4.76. The van der Waals surface area contributed by atoms with Crippen molar-refractivity contribution in [1.29, 1.82) is 0 Å². The first-order valence-electron chi connectivity index (χ1n) is 7.89. The van der Waals surface area contributed by atoms with Gasteiger partial charge in [-0.05, 0) is 25.1 Å². The van der Waals surface area contributed by atoms with Crippen LogP contribution in [0.5, 0.6) is 0 Å². The summed E-state index contributed by atoms with van der Waals surface area (Å²) in [5, 5.41) is 12.7. The van der Waals surface area contributed by atoms with Crippen LogP contribution in [0.25, 0.3) is 11.4 Å². The molecule has 0 aliphatic rings. The Morgan fingerprint density at radius 3 is 2.59 bits per heavy atom. The average molecular weight is 442 g/mol. The van der Waals surface area contributed by atoms with Crippen LogP contribution in [0, 0.1) is 6.92 Å². The molecule has 140 valence electrons. The van der Waals surface area contributed by atoms with Crippen molar-refractivity contribution in [3.63, 3.8) is 0 Å². The molecule has 27 heavy (non-hydrogen) atoms. The van der Waals surface area contributed by atoms with E-state index in [0.717, 1.165) is 17.0 Å². The van der Waals surface area contributed by atoms with Gasteiger partial charge in [0.25, 0.3) is 0 Å². The summed E-state index contributed by atoms with van der Waals surface area (Å²) < 4.78 is 1.86. The number of anilines is 1. The molecule has 3 rings (SSSR count). The van der Waals surface area contributed by atoms with E-state index in [9.17, 15) is 4.79 Å². The highest BCUT2D eigenvalue weighted by Gasteiger charge is 2.14. The molecular formula is C18H15Cl3N4OS. The molecule has 1 heterocycles. The molecule has 9 heteroatoms. The fourth-order valence-electron chi connectivity index (χ4n) is 2.41. The van der Waals surface area contributed by atoms with Crippen LogP contribution in [-0.4, -0.2) is 26.4 Å². The highest BCUT2D eigenvalue weighted by molar-refractivity contribution is 7.99. The molecule has 5 nitrogen and oxygen atoms in total. The number of nitrogens with one attached hydrogen (secondary N) is 1.